The Morgan fingerprint density at radius 2 is 1.82 bits per heavy atom. The Labute approximate surface area is 108 Å². The van der Waals surface area contributed by atoms with Gasteiger partial charge in [-0.15, -0.1) is 0 Å². The number of ether oxygens (including phenoxy) is 2. The van der Waals surface area contributed by atoms with Crippen molar-refractivity contribution in [2.24, 2.45) is 5.92 Å². The lowest BCUT2D eigenvalue weighted by molar-refractivity contribution is -0.206. The average molecular weight is 255 g/mol. The van der Waals surface area contributed by atoms with Crippen LogP contribution < -0.4 is 0 Å². The minimum absolute atomic E-state index is 0.217. The van der Waals surface area contributed by atoms with Gasteiger partial charge in [-0.2, -0.15) is 0 Å². The van der Waals surface area contributed by atoms with Crippen molar-refractivity contribution in [3.05, 3.63) is 34.9 Å². The summed E-state index contributed by atoms with van der Waals surface area (Å²) >= 11 is 5.85. The molecule has 0 bridgehead atoms. The Hall–Kier alpha value is -0.570. The Balaban J connectivity index is 1.84. The summed E-state index contributed by atoms with van der Waals surface area (Å²) in [5.74, 6) is 0.554. The molecular weight excluding hydrogens is 236 g/mol. The summed E-state index contributed by atoms with van der Waals surface area (Å²) in [6.45, 7) is 3.81. The van der Waals surface area contributed by atoms with E-state index >= 15 is 0 Å². The molecular formula is C14H19ClO2. The third kappa shape index (κ3) is 3.70. The molecule has 0 radical (unpaired) electrons. The van der Waals surface area contributed by atoms with E-state index in [0.717, 1.165) is 23.8 Å². The van der Waals surface area contributed by atoms with Gasteiger partial charge in [0, 0.05) is 16.5 Å². The quantitative estimate of drug-likeness (QED) is 0.802. The van der Waals surface area contributed by atoms with Crippen molar-refractivity contribution >= 4 is 11.6 Å². The van der Waals surface area contributed by atoms with E-state index in [1.165, 1.54) is 19.3 Å². The molecule has 0 amide bonds. The predicted molar refractivity (Wildman–Crippen MR) is 69.1 cm³/mol. The number of hydrogen-bond acceptors (Lipinski definition) is 2. The molecule has 3 heteroatoms. The van der Waals surface area contributed by atoms with Crippen LogP contribution in [0.5, 0.6) is 0 Å². The fourth-order valence-electron chi connectivity index (χ4n) is 2.02. The Morgan fingerprint density at radius 3 is 2.41 bits per heavy atom. The van der Waals surface area contributed by atoms with E-state index in [9.17, 15) is 0 Å². The van der Waals surface area contributed by atoms with Crippen LogP contribution in [0.4, 0.5) is 0 Å². The van der Waals surface area contributed by atoms with Gasteiger partial charge in [-0.25, -0.2) is 0 Å². The summed E-state index contributed by atoms with van der Waals surface area (Å²) in [6, 6.07) is 7.65. The van der Waals surface area contributed by atoms with Gasteiger partial charge in [0.2, 0.25) is 0 Å². The van der Waals surface area contributed by atoms with Crippen LogP contribution in [0.15, 0.2) is 24.3 Å². The molecule has 2 nitrogen and oxygen atoms in total. The van der Waals surface area contributed by atoms with Crippen molar-refractivity contribution in [3.63, 3.8) is 0 Å². The summed E-state index contributed by atoms with van der Waals surface area (Å²) in [5.41, 5.74) is 1.04. The van der Waals surface area contributed by atoms with E-state index in [2.05, 4.69) is 6.92 Å². The van der Waals surface area contributed by atoms with Crippen LogP contribution in [0, 0.1) is 5.92 Å². The van der Waals surface area contributed by atoms with E-state index in [4.69, 9.17) is 21.1 Å². The summed E-state index contributed by atoms with van der Waals surface area (Å²) in [6.07, 6.45) is 3.47. The lowest BCUT2D eigenvalue weighted by Crippen LogP contribution is -2.27. The maximum absolute atomic E-state index is 5.85. The largest absolute Gasteiger partial charge is 0.348 e. The average Bonchev–Trinajstić information content (AvgIpc) is 2.38. The maximum Gasteiger partial charge on any atom is 0.183 e. The molecule has 1 saturated heterocycles. The molecule has 2 rings (SSSR count). The first-order chi connectivity index (χ1) is 8.29. The minimum atomic E-state index is -0.217. The highest BCUT2D eigenvalue weighted by Gasteiger charge is 2.22. The topological polar surface area (TPSA) is 18.5 Å². The molecule has 0 spiro atoms. The second kappa shape index (κ2) is 6.39. The van der Waals surface area contributed by atoms with Crippen molar-refractivity contribution < 1.29 is 9.47 Å². The second-order valence-corrected chi connectivity index (χ2v) is 4.99. The van der Waals surface area contributed by atoms with Gasteiger partial charge < -0.3 is 9.47 Å². The minimum Gasteiger partial charge on any atom is -0.348 e. The lowest BCUT2D eigenvalue weighted by Gasteiger charge is -2.29. The molecule has 0 N–H and O–H groups in total. The monoisotopic (exact) mass is 254 g/mol. The molecule has 0 unspecified atom stereocenters. The highest BCUT2D eigenvalue weighted by molar-refractivity contribution is 6.30. The third-order valence-electron chi connectivity index (χ3n) is 3.07. The molecule has 1 aromatic rings. The molecule has 0 aromatic heterocycles. The van der Waals surface area contributed by atoms with Gasteiger partial charge in [-0.3, -0.25) is 0 Å². The number of rotatable bonds is 4. The zero-order valence-corrected chi connectivity index (χ0v) is 11.0. The van der Waals surface area contributed by atoms with Gasteiger partial charge in [0.1, 0.15) is 0 Å². The van der Waals surface area contributed by atoms with Crippen molar-refractivity contribution in [2.75, 3.05) is 13.2 Å². The van der Waals surface area contributed by atoms with Crippen LogP contribution in [-0.4, -0.2) is 13.2 Å². The van der Waals surface area contributed by atoms with Gasteiger partial charge in [0.05, 0.1) is 13.2 Å². The Morgan fingerprint density at radius 1 is 1.18 bits per heavy atom. The number of benzene rings is 1. The molecule has 1 heterocycles. The van der Waals surface area contributed by atoms with Crippen LogP contribution in [0.3, 0.4) is 0 Å². The van der Waals surface area contributed by atoms with Crippen molar-refractivity contribution in [1.82, 2.24) is 0 Å². The van der Waals surface area contributed by atoms with Crippen molar-refractivity contribution in [1.29, 1.82) is 0 Å². The zero-order chi connectivity index (χ0) is 12.1. The molecule has 1 aliphatic rings. The van der Waals surface area contributed by atoms with Crippen LogP contribution in [-0.2, 0) is 9.47 Å². The van der Waals surface area contributed by atoms with Crippen LogP contribution in [0.1, 0.15) is 38.0 Å². The standard InChI is InChI=1S/C14H19ClO2/c1-2-3-4-11-9-16-14(17-10-11)12-5-7-13(15)8-6-12/h5-8,11,14H,2-4,9-10H2,1H3. The van der Waals surface area contributed by atoms with Crippen molar-refractivity contribution in [3.8, 4) is 0 Å². The van der Waals surface area contributed by atoms with Gasteiger partial charge in [0.25, 0.3) is 0 Å². The van der Waals surface area contributed by atoms with Gasteiger partial charge in [-0.05, 0) is 18.6 Å². The van der Waals surface area contributed by atoms with E-state index in [0.29, 0.717) is 5.92 Å². The van der Waals surface area contributed by atoms with Crippen molar-refractivity contribution in [2.45, 2.75) is 32.5 Å². The van der Waals surface area contributed by atoms with Crippen LogP contribution in [0.25, 0.3) is 0 Å². The Kier molecular flexibility index (Phi) is 4.84. The highest BCUT2D eigenvalue weighted by atomic mass is 35.5. The summed E-state index contributed by atoms with van der Waals surface area (Å²) < 4.78 is 11.5. The SMILES string of the molecule is CCCCC1COC(c2ccc(Cl)cc2)OC1. The predicted octanol–water partition coefficient (Wildman–Crippen LogP) is 4.19. The summed E-state index contributed by atoms with van der Waals surface area (Å²) in [5, 5.41) is 0.741. The molecule has 1 fully saturated rings. The molecule has 1 aromatic carbocycles. The van der Waals surface area contributed by atoms with Gasteiger partial charge in [0.15, 0.2) is 6.29 Å². The first kappa shape index (κ1) is 12.9. The van der Waals surface area contributed by atoms with E-state index in [-0.39, 0.29) is 6.29 Å². The first-order valence-electron chi connectivity index (χ1n) is 6.28. The van der Waals surface area contributed by atoms with Gasteiger partial charge in [-0.1, -0.05) is 43.5 Å². The summed E-state index contributed by atoms with van der Waals surface area (Å²) in [4.78, 5) is 0. The molecule has 0 aliphatic carbocycles. The number of hydrogen-bond donors (Lipinski definition) is 0. The molecule has 0 atom stereocenters. The number of unbranched alkanes of at least 4 members (excludes halogenated alkanes) is 1. The summed E-state index contributed by atoms with van der Waals surface area (Å²) in [7, 11) is 0. The van der Waals surface area contributed by atoms with E-state index < -0.39 is 0 Å². The highest BCUT2D eigenvalue weighted by Crippen LogP contribution is 2.27. The normalized spacial score (nSPS) is 24.8. The molecule has 17 heavy (non-hydrogen) atoms. The maximum atomic E-state index is 5.85. The smallest absolute Gasteiger partial charge is 0.183 e. The Bertz CT molecular complexity index is 329. The molecule has 0 saturated carbocycles. The zero-order valence-electron chi connectivity index (χ0n) is 10.2. The van der Waals surface area contributed by atoms with Crippen LogP contribution >= 0.6 is 11.6 Å². The molecule has 1 aliphatic heterocycles. The first-order valence-corrected chi connectivity index (χ1v) is 6.66. The van der Waals surface area contributed by atoms with Crippen LogP contribution in [0.2, 0.25) is 5.02 Å². The second-order valence-electron chi connectivity index (χ2n) is 4.56. The molecule has 94 valence electrons. The van der Waals surface area contributed by atoms with E-state index in [1.807, 2.05) is 24.3 Å². The van der Waals surface area contributed by atoms with E-state index in [1.54, 1.807) is 0 Å². The number of halogens is 1. The fraction of sp³-hybridized carbons (Fsp3) is 0.571. The fourth-order valence-corrected chi connectivity index (χ4v) is 2.14. The lowest BCUT2D eigenvalue weighted by atomic mass is 10.0. The van der Waals surface area contributed by atoms with Gasteiger partial charge >= 0.3 is 0 Å². The third-order valence-corrected chi connectivity index (χ3v) is 3.33.